The highest BCUT2D eigenvalue weighted by Crippen LogP contribution is 2.12. The van der Waals surface area contributed by atoms with Gasteiger partial charge in [0.2, 0.25) is 0 Å². The molecule has 1 rings (SSSR count). The van der Waals surface area contributed by atoms with E-state index in [2.05, 4.69) is 0 Å². The van der Waals surface area contributed by atoms with E-state index in [0.29, 0.717) is 6.08 Å². The van der Waals surface area contributed by atoms with Crippen LogP contribution in [0.3, 0.4) is 0 Å². The molecule has 0 bridgehead atoms. The van der Waals surface area contributed by atoms with Crippen molar-refractivity contribution in [1.29, 1.82) is 0 Å². The van der Waals surface area contributed by atoms with Gasteiger partial charge in [-0.25, -0.2) is 0 Å². The molecule has 5 nitrogen and oxygen atoms in total. The number of aliphatic hydroxyl groups is 3. The number of ketones is 1. The number of hydrogen-bond donors (Lipinski definition) is 3. The molecule has 1 aliphatic carbocycles. The smallest absolute Gasteiger partial charge is 0.178 e. The van der Waals surface area contributed by atoms with Gasteiger partial charge in [0.15, 0.2) is 5.78 Å². The lowest BCUT2D eigenvalue weighted by Crippen LogP contribution is -2.48. The van der Waals surface area contributed by atoms with Crippen molar-refractivity contribution < 1.29 is 25.2 Å². The Morgan fingerprint density at radius 3 is 2.45 bits per heavy atom. The monoisotopic (exact) mass is 159 g/mol. The minimum absolute atomic E-state index is 0.680. The summed E-state index contributed by atoms with van der Waals surface area (Å²) < 4.78 is 0. The van der Waals surface area contributed by atoms with E-state index >= 15 is 0 Å². The van der Waals surface area contributed by atoms with Crippen LogP contribution in [0.1, 0.15) is 0 Å². The second-order valence-corrected chi connectivity index (χ2v) is 2.32. The van der Waals surface area contributed by atoms with Crippen LogP contribution in [0.25, 0.3) is 0 Å². The molecule has 0 spiro atoms. The molecule has 0 amide bonds. The Kier molecular flexibility index (Phi) is 1.95. The molecule has 0 aromatic rings. The molecule has 0 aromatic heterocycles. The fourth-order valence-electron chi connectivity index (χ4n) is 0.823. The Hall–Kier alpha value is -0.910. The number of carbonyl (C=O) groups is 1. The zero-order valence-corrected chi connectivity index (χ0v) is 5.47. The van der Waals surface area contributed by atoms with Crippen molar-refractivity contribution in [2.45, 2.75) is 18.3 Å². The van der Waals surface area contributed by atoms with Crippen LogP contribution in [0.15, 0.2) is 11.8 Å². The first-order valence-electron chi connectivity index (χ1n) is 3.01. The van der Waals surface area contributed by atoms with Gasteiger partial charge in [-0.05, 0) is 0 Å². The average Bonchev–Trinajstić information content (AvgIpc) is 1.97. The number of rotatable bonds is 0. The predicted molar refractivity (Wildman–Crippen MR) is 31.1 cm³/mol. The minimum Gasteiger partial charge on any atom is -0.870 e. The zero-order chi connectivity index (χ0) is 8.59. The summed E-state index contributed by atoms with van der Waals surface area (Å²) in [5, 5.41) is 36.9. The van der Waals surface area contributed by atoms with Gasteiger partial charge in [-0.15, -0.1) is 0 Å². The summed E-state index contributed by atoms with van der Waals surface area (Å²) in [5.41, 5.74) is 0. The molecule has 0 unspecified atom stereocenters. The summed E-state index contributed by atoms with van der Waals surface area (Å²) in [5.74, 6) is -2.04. The highest BCUT2D eigenvalue weighted by molar-refractivity contribution is 5.97. The highest BCUT2D eigenvalue weighted by Gasteiger charge is 2.32. The topological polar surface area (TPSA) is 101 Å². The van der Waals surface area contributed by atoms with Crippen LogP contribution < -0.4 is 5.11 Å². The predicted octanol–water partition coefficient (Wildman–Crippen LogP) is -3.10. The van der Waals surface area contributed by atoms with Crippen LogP contribution in [-0.4, -0.2) is 39.4 Å². The van der Waals surface area contributed by atoms with Crippen LogP contribution >= 0.6 is 0 Å². The first kappa shape index (κ1) is 8.19. The normalized spacial score (nSPS) is 38.6. The van der Waals surface area contributed by atoms with Crippen molar-refractivity contribution in [3.63, 3.8) is 0 Å². The van der Waals surface area contributed by atoms with Crippen molar-refractivity contribution in [1.82, 2.24) is 0 Å². The van der Waals surface area contributed by atoms with E-state index in [0.717, 1.165) is 0 Å². The minimum atomic E-state index is -1.79. The Morgan fingerprint density at radius 1 is 1.36 bits per heavy atom. The Balaban J connectivity index is 2.92. The molecule has 0 saturated carbocycles. The summed E-state index contributed by atoms with van der Waals surface area (Å²) in [4.78, 5) is 10.6. The number of hydrogen-bond acceptors (Lipinski definition) is 5. The number of Topliss-reactive ketones (excluding diaryl/α,β-unsaturated/α-hetero) is 1. The van der Waals surface area contributed by atoms with E-state index in [1.54, 1.807) is 0 Å². The third kappa shape index (κ3) is 1.25. The van der Waals surface area contributed by atoms with Gasteiger partial charge in [-0.2, -0.15) is 0 Å². The first-order valence-corrected chi connectivity index (χ1v) is 3.01. The molecule has 11 heavy (non-hydrogen) atoms. The molecule has 0 heterocycles. The molecule has 3 atom stereocenters. The second kappa shape index (κ2) is 2.61. The molecule has 5 heteroatoms. The number of aliphatic hydroxyl groups excluding tert-OH is 3. The van der Waals surface area contributed by atoms with Crippen molar-refractivity contribution in [3.05, 3.63) is 11.8 Å². The maximum atomic E-state index is 10.6. The SMILES string of the molecule is O=C1C([O-])=C[C@@H](O)[C@H](O)[C@H]1O. The molecule has 0 fully saturated rings. The van der Waals surface area contributed by atoms with E-state index in [9.17, 15) is 9.90 Å². The highest BCUT2D eigenvalue weighted by atomic mass is 16.4. The standard InChI is InChI=1S/C6H8O5/c7-2-1-3(8)5(10)6(11)4(2)9/h1-2,4,6-9,11H/p-1/t2-,4+,6-/m1/s1. The van der Waals surface area contributed by atoms with E-state index in [-0.39, 0.29) is 0 Å². The van der Waals surface area contributed by atoms with Crippen molar-refractivity contribution >= 4 is 5.78 Å². The fourth-order valence-corrected chi connectivity index (χ4v) is 0.823. The molecular weight excluding hydrogens is 152 g/mol. The Bertz CT molecular complexity index is 209. The van der Waals surface area contributed by atoms with Crippen molar-refractivity contribution in [3.8, 4) is 0 Å². The average molecular weight is 159 g/mol. The number of carbonyl (C=O) groups excluding carboxylic acids is 1. The molecular formula is C6H7O5-. The largest absolute Gasteiger partial charge is 0.870 e. The van der Waals surface area contributed by atoms with Crippen molar-refractivity contribution in [2.24, 2.45) is 0 Å². The van der Waals surface area contributed by atoms with Gasteiger partial charge in [0.1, 0.15) is 18.3 Å². The molecule has 1 aliphatic rings. The lowest BCUT2D eigenvalue weighted by Gasteiger charge is -2.28. The molecule has 0 aromatic carbocycles. The molecule has 0 saturated heterocycles. The van der Waals surface area contributed by atoms with E-state index < -0.39 is 29.9 Å². The van der Waals surface area contributed by atoms with Crippen LogP contribution in [0.5, 0.6) is 0 Å². The van der Waals surface area contributed by atoms with Gasteiger partial charge in [0, 0.05) is 0 Å². The van der Waals surface area contributed by atoms with Gasteiger partial charge < -0.3 is 20.4 Å². The summed E-state index contributed by atoms with van der Waals surface area (Å²) in [6, 6.07) is 0. The van der Waals surface area contributed by atoms with Gasteiger partial charge in [-0.1, -0.05) is 11.8 Å². The quantitative estimate of drug-likeness (QED) is 0.347. The van der Waals surface area contributed by atoms with Crippen LogP contribution in [0.2, 0.25) is 0 Å². The zero-order valence-electron chi connectivity index (χ0n) is 5.47. The Labute approximate surface area is 62.2 Å². The molecule has 3 N–H and O–H groups in total. The third-order valence-corrected chi connectivity index (χ3v) is 1.51. The van der Waals surface area contributed by atoms with E-state index in [1.165, 1.54) is 0 Å². The third-order valence-electron chi connectivity index (χ3n) is 1.51. The van der Waals surface area contributed by atoms with Crippen molar-refractivity contribution in [2.75, 3.05) is 0 Å². The first-order chi connectivity index (χ1) is 5.04. The van der Waals surface area contributed by atoms with Gasteiger partial charge in [-0.3, -0.25) is 4.79 Å². The summed E-state index contributed by atoms with van der Waals surface area (Å²) in [6.45, 7) is 0. The van der Waals surface area contributed by atoms with Crippen LogP contribution in [0, 0.1) is 0 Å². The Morgan fingerprint density at radius 2 is 1.91 bits per heavy atom. The van der Waals surface area contributed by atoms with Crippen LogP contribution in [-0.2, 0) is 4.79 Å². The van der Waals surface area contributed by atoms with E-state index in [1.807, 2.05) is 0 Å². The molecule has 0 radical (unpaired) electrons. The second-order valence-electron chi connectivity index (χ2n) is 2.32. The van der Waals surface area contributed by atoms with Crippen LogP contribution in [0.4, 0.5) is 0 Å². The maximum Gasteiger partial charge on any atom is 0.178 e. The lowest BCUT2D eigenvalue weighted by molar-refractivity contribution is -0.303. The lowest BCUT2D eigenvalue weighted by atomic mass is 9.96. The summed E-state index contributed by atoms with van der Waals surface area (Å²) >= 11 is 0. The van der Waals surface area contributed by atoms with Gasteiger partial charge in [0.25, 0.3) is 0 Å². The summed E-state index contributed by atoms with van der Waals surface area (Å²) in [6.07, 6.45) is -4.14. The summed E-state index contributed by atoms with van der Waals surface area (Å²) in [7, 11) is 0. The maximum absolute atomic E-state index is 10.6. The van der Waals surface area contributed by atoms with E-state index in [4.69, 9.17) is 15.3 Å². The van der Waals surface area contributed by atoms with Gasteiger partial charge >= 0.3 is 0 Å². The molecule has 62 valence electrons. The van der Waals surface area contributed by atoms with Gasteiger partial charge in [0.05, 0.1) is 0 Å². The fraction of sp³-hybridized carbons (Fsp3) is 0.500. The molecule has 0 aliphatic heterocycles.